The molecule has 1 fully saturated rings. The summed E-state index contributed by atoms with van der Waals surface area (Å²) in [5, 5.41) is 9.70. The van der Waals surface area contributed by atoms with E-state index in [1.54, 1.807) is 18.2 Å². The van der Waals surface area contributed by atoms with Gasteiger partial charge in [0.15, 0.2) is 0 Å². The van der Waals surface area contributed by atoms with Gasteiger partial charge in [-0.3, -0.25) is 4.79 Å². The van der Waals surface area contributed by atoms with Crippen LogP contribution < -0.4 is 0 Å². The molecule has 130 valence electrons. The molecule has 0 saturated carbocycles. The van der Waals surface area contributed by atoms with Crippen molar-refractivity contribution in [2.75, 3.05) is 13.1 Å². The summed E-state index contributed by atoms with van der Waals surface area (Å²) in [6.07, 6.45) is 6.06. The van der Waals surface area contributed by atoms with Crippen LogP contribution in [0.1, 0.15) is 52.3 Å². The van der Waals surface area contributed by atoms with Gasteiger partial charge in [0.25, 0.3) is 5.91 Å². The molecule has 1 aliphatic heterocycles. The maximum Gasteiger partial charge on any atom is 0.253 e. The molecule has 1 aromatic carbocycles. The minimum Gasteiger partial charge on any atom is -0.508 e. The zero-order chi connectivity index (χ0) is 17.6. The molecule has 1 atom stereocenters. The van der Waals surface area contributed by atoms with Gasteiger partial charge in [-0.05, 0) is 68.9 Å². The van der Waals surface area contributed by atoms with Gasteiger partial charge in [-0.2, -0.15) is 0 Å². The fourth-order valence-corrected chi connectivity index (χ4v) is 4.30. The van der Waals surface area contributed by atoms with E-state index in [0.29, 0.717) is 5.56 Å². The second-order valence-corrected chi connectivity index (χ2v) is 7.40. The van der Waals surface area contributed by atoms with Crippen LogP contribution in [0.25, 0.3) is 0 Å². The number of phenolic OH excluding ortho intramolecular Hbond substituents is 1. The van der Waals surface area contributed by atoms with Crippen LogP contribution in [0.5, 0.6) is 5.75 Å². The lowest BCUT2D eigenvalue weighted by atomic mass is 9.77. The summed E-state index contributed by atoms with van der Waals surface area (Å²) in [6, 6.07) is 5.08. The SMILES string of the molecule is Cc1ncc2c(n1)C1(CCCN(C(=O)c3ccc(O)c(C)c3)C1)CC2. The van der Waals surface area contributed by atoms with E-state index in [2.05, 4.69) is 4.98 Å². The number of aromatic hydroxyl groups is 1. The van der Waals surface area contributed by atoms with Crippen LogP contribution in [0.4, 0.5) is 0 Å². The summed E-state index contributed by atoms with van der Waals surface area (Å²) >= 11 is 0. The highest BCUT2D eigenvalue weighted by atomic mass is 16.3. The second kappa shape index (κ2) is 5.83. The number of aromatic nitrogens is 2. The first-order valence-corrected chi connectivity index (χ1v) is 8.90. The molecule has 1 aliphatic carbocycles. The number of benzene rings is 1. The first kappa shape index (κ1) is 16.1. The van der Waals surface area contributed by atoms with Crippen molar-refractivity contribution >= 4 is 5.91 Å². The summed E-state index contributed by atoms with van der Waals surface area (Å²) in [4.78, 5) is 24.0. The van der Waals surface area contributed by atoms with Crippen LogP contribution in [0.2, 0.25) is 0 Å². The van der Waals surface area contributed by atoms with Gasteiger partial charge >= 0.3 is 0 Å². The third kappa shape index (κ3) is 2.68. The zero-order valence-corrected chi connectivity index (χ0v) is 14.7. The Labute approximate surface area is 147 Å². The average Bonchev–Trinajstić information content (AvgIpc) is 2.94. The Morgan fingerprint density at radius 3 is 2.92 bits per heavy atom. The molecule has 1 unspecified atom stereocenters. The van der Waals surface area contributed by atoms with Crippen molar-refractivity contribution in [2.45, 2.75) is 44.9 Å². The third-order valence-electron chi connectivity index (χ3n) is 5.67. The van der Waals surface area contributed by atoms with Crippen molar-refractivity contribution in [2.24, 2.45) is 0 Å². The number of hydrogen-bond donors (Lipinski definition) is 1. The number of likely N-dealkylation sites (tertiary alicyclic amines) is 1. The number of amides is 1. The Morgan fingerprint density at radius 1 is 1.28 bits per heavy atom. The fraction of sp³-hybridized carbons (Fsp3) is 0.450. The molecule has 2 aromatic rings. The molecule has 1 aromatic heterocycles. The van der Waals surface area contributed by atoms with Crippen molar-refractivity contribution in [3.05, 3.63) is 52.6 Å². The van der Waals surface area contributed by atoms with E-state index in [4.69, 9.17) is 4.98 Å². The van der Waals surface area contributed by atoms with Gasteiger partial charge in [-0.15, -0.1) is 0 Å². The molecular formula is C20H23N3O2. The number of carbonyl (C=O) groups excluding carboxylic acids is 1. The number of aryl methyl sites for hydroxylation is 3. The number of fused-ring (bicyclic) bond motifs is 2. The van der Waals surface area contributed by atoms with E-state index in [0.717, 1.165) is 55.9 Å². The molecule has 1 spiro atoms. The fourth-order valence-electron chi connectivity index (χ4n) is 4.30. The lowest BCUT2D eigenvalue weighted by Gasteiger charge is -2.40. The highest BCUT2D eigenvalue weighted by Gasteiger charge is 2.44. The van der Waals surface area contributed by atoms with Crippen LogP contribution in [0.15, 0.2) is 24.4 Å². The van der Waals surface area contributed by atoms with Gasteiger partial charge in [0.1, 0.15) is 11.6 Å². The van der Waals surface area contributed by atoms with Gasteiger partial charge in [0.05, 0.1) is 5.69 Å². The molecular weight excluding hydrogens is 314 g/mol. The smallest absolute Gasteiger partial charge is 0.253 e. The van der Waals surface area contributed by atoms with Crippen LogP contribution in [-0.2, 0) is 11.8 Å². The highest BCUT2D eigenvalue weighted by molar-refractivity contribution is 5.94. The van der Waals surface area contributed by atoms with E-state index in [9.17, 15) is 9.90 Å². The molecule has 5 nitrogen and oxygen atoms in total. The first-order valence-electron chi connectivity index (χ1n) is 8.90. The molecule has 25 heavy (non-hydrogen) atoms. The number of piperidine rings is 1. The maximum absolute atomic E-state index is 13.0. The normalized spacial score (nSPS) is 22.2. The molecule has 2 heterocycles. The maximum atomic E-state index is 13.0. The molecule has 4 rings (SSSR count). The summed E-state index contributed by atoms with van der Waals surface area (Å²) in [6.45, 7) is 5.24. The Balaban J connectivity index is 1.63. The number of carbonyl (C=O) groups is 1. The molecule has 0 radical (unpaired) electrons. The van der Waals surface area contributed by atoms with Gasteiger partial charge in [0, 0.05) is 30.3 Å². The Kier molecular flexibility index (Phi) is 3.74. The van der Waals surface area contributed by atoms with E-state index >= 15 is 0 Å². The van der Waals surface area contributed by atoms with Crippen molar-refractivity contribution in [3.63, 3.8) is 0 Å². The number of phenols is 1. The van der Waals surface area contributed by atoms with E-state index in [-0.39, 0.29) is 17.1 Å². The van der Waals surface area contributed by atoms with Gasteiger partial charge in [0.2, 0.25) is 0 Å². The number of nitrogens with zero attached hydrogens (tertiary/aromatic N) is 3. The van der Waals surface area contributed by atoms with Crippen molar-refractivity contribution < 1.29 is 9.90 Å². The molecule has 2 aliphatic rings. The van der Waals surface area contributed by atoms with E-state index < -0.39 is 0 Å². The largest absolute Gasteiger partial charge is 0.508 e. The number of rotatable bonds is 1. The quantitative estimate of drug-likeness (QED) is 0.869. The van der Waals surface area contributed by atoms with E-state index in [1.165, 1.54) is 5.56 Å². The van der Waals surface area contributed by atoms with Crippen LogP contribution in [0.3, 0.4) is 0 Å². The molecule has 5 heteroatoms. The third-order valence-corrected chi connectivity index (χ3v) is 5.67. The van der Waals surface area contributed by atoms with Gasteiger partial charge in [-0.25, -0.2) is 9.97 Å². The average molecular weight is 337 g/mol. The van der Waals surface area contributed by atoms with Gasteiger partial charge < -0.3 is 10.0 Å². The highest BCUT2D eigenvalue weighted by Crippen LogP contribution is 2.44. The Hall–Kier alpha value is -2.43. The van der Waals surface area contributed by atoms with Crippen molar-refractivity contribution in [1.82, 2.24) is 14.9 Å². The predicted octanol–water partition coefficient (Wildman–Crippen LogP) is 2.92. The van der Waals surface area contributed by atoms with Crippen LogP contribution in [-0.4, -0.2) is 39.0 Å². The second-order valence-electron chi connectivity index (χ2n) is 7.40. The zero-order valence-electron chi connectivity index (χ0n) is 14.7. The van der Waals surface area contributed by atoms with Gasteiger partial charge in [-0.1, -0.05) is 0 Å². The summed E-state index contributed by atoms with van der Waals surface area (Å²) < 4.78 is 0. The van der Waals surface area contributed by atoms with Crippen LogP contribution in [0, 0.1) is 13.8 Å². The minimum absolute atomic E-state index is 0.0249. The van der Waals surface area contributed by atoms with Crippen molar-refractivity contribution in [3.8, 4) is 5.75 Å². The minimum atomic E-state index is -0.0249. The standard InChI is InChI=1S/C20H23N3O2/c1-13-10-15(4-5-17(13)24)19(25)23-9-3-7-20(12-23)8-6-16-11-21-14(2)22-18(16)20/h4-5,10-11,24H,3,6-9,12H2,1-2H3. The predicted molar refractivity (Wildman–Crippen MR) is 94.7 cm³/mol. The lowest BCUT2D eigenvalue weighted by Crippen LogP contribution is -2.48. The first-order chi connectivity index (χ1) is 12.0. The topological polar surface area (TPSA) is 66.3 Å². The molecule has 1 saturated heterocycles. The summed E-state index contributed by atoms with van der Waals surface area (Å²) in [5.41, 5.74) is 3.74. The molecule has 1 amide bonds. The monoisotopic (exact) mass is 337 g/mol. The van der Waals surface area contributed by atoms with E-state index in [1.807, 2.05) is 24.9 Å². The molecule has 1 N–H and O–H groups in total. The lowest BCUT2D eigenvalue weighted by molar-refractivity contribution is 0.0633. The Bertz CT molecular complexity index is 845. The summed E-state index contributed by atoms with van der Waals surface area (Å²) in [7, 11) is 0. The summed E-state index contributed by atoms with van der Waals surface area (Å²) in [5.74, 6) is 1.07. The Morgan fingerprint density at radius 2 is 2.12 bits per heavy atom. The number of hydrogen-bond acceptors (Lipinski definition) is 4. The van der Waals surface area contributed by atoms with Crippen molar-refractivity contribution in [1.29, 1.82) is 0 Å². The van der Waals surface area contributed by atoms with Crippen LogP contribution >= 0.6 is 0 Å². The molecule has 0 bridgehead atoms.